The minimum absolute atomic E-state index is 0.162. The van der Waals surface area contributed by atoms with Crippen molar-refractivity contribution in [2.75, 3.05) is 13.6 Å². The van der Waals surface area contributed by atoms with Crippen LogP contribution in [0.25, 0.3) is 0 Å². The van der Waals surface area contributed by atoms with Crippen LogP contribution in [0.4, 0.5) is 4.39 Å². The zero-order chi connectivity index (χ0) is 11.8. The number of likely N-dealkylation sites (N-methyl/N-ethyl adjacent to an activating group) is 1. The summed E-state index contributed by atoms with van der Waals surface area (Å²) in [4.78, 5) is 0. The molecule has 1 N–H and O–H groups in total. The molecule has 0 aliphatic carbocycles. The van der Waals surface area contributed by atoms with E-state index in [2.05, 4.69) is 12.2 Å². The van der Waals surface area contributed by atoms with Crippen LogP contribution in [0.3, 0.4) is 0 Å². The van der Waals surface area contributed by atoms with Crippen LogP contribution in [-0.2, 0) is 11.3 Å². The first kappa shape index (κ1) is 13.1. The molecule has 0 aliphatic rings. The molecule has 0 fully saturated rings. The molecule has 0 heterocycles. The van der Waals surface area contributed by atoms with Crippen molar-refractivity contribution in [3.8, 4) is 0 Å². The molecule has 3 heteroatoms. The summed E-state index contributed by atoms with van der Waals surface area (Å²) in [6.07, 6.45) is 2.23. The first-order valence-corrected chi connectivity index (χ1v) is 5.77. The van der Waals surface area contributed by atoms with E-state index in [1.54, 1.807) is 12.1 Å². The third kappa shape index (κ3) is 4.29. The molecule has 1 rings (SSSR count). The van der Waals surface area contributed by atoms with Crippen molar-refractivity contribution in [3.05, 3.63) is 35.6 Å². The van der Waals surface area contributed by atoms with Crippen LogP contribution in [-0.4, -0.2) is 19.7 Å². The second-order valence-electron chi connectivity index (χ2n) is 3.87. The highest BCUT2D eigenvalue weighted by atomic mass is 19.1. The smallest absolute Gasteiger partial charge is 0.128 e. The van der Waals surface area contributed by atoms with E-state index >= 15 is 0 Å². The number of hydrogen-bond acceptors (Lipinski definition) is 2. The van der Waals surface area contributed by atoms with Crippen molar-refractivity contribution in [1.29, 1.82) is 0 Å². The van der Waals surface area contributed by atoms with Gasteiger partial charge in [0.25, 0.3) is 0 Å². The lowest BCUT2D eigenvalue weighted by atomic mass is 10.2. The highest BCUT2D eigenvalue weighted by Gasteiger charge is 2.08. The molecule has 0 bridgehead atoms. The van der Waals surface area contributed by atoms with Gasteiger partial charge in [-0.05, 0) is 19.5 Å². The maximum absolute atomic E-state index is 13.3. The van der Waals surface area contributed by atoms with Crippen molar-refractivity contribution in [2.24, 2.45) is 0 Å². The zero-order valence-corrected chi connectivity index (χ0v) is 10.0. The largest absolute Gasteiger partial charge is 0.372 e. The molecule has 16 heavy (non-hydrogen) atoms. The second kappa shape index (κ2) is 7.36. The number of ether oxygens (including phenoxy) is 1. The molecule has 0 saturated carbocycles. The van der Waals surface area contributed by atoms with Crippen LogP contribution in [0.2, 0.25) is 0 Å². The minimum atomic E-state index is -0.192. The van der Waals surface area contributed by atoms with Gasteiger partial charge in [0.1, 0.15) is 5.82 Å². The van der Waals surface area contributed by atoms with Gasteiger partial charge in [-0.25, -0.2) is 4.39 Å². The Balaban J connectivity index is 2.45. The predicted molar refractivity (Wildman–Crippen MR) is 63.8 cm³/mol. The average Bonchev–Trinajstić information content (AvgIpc) is 2.28. The lowest BCUT2D eigenvalue weighted by Gasteiger charge is -2.17. The molecule has 1 aromatic rings. The lowest BCUT2D eigenvalue weighted by Crippen LogP contribution is -2.26. The molecule has 0 saturated heterocycles. The van der Waals surface area contributed by atoms with Gasteiger partial charge in [0, 0.05) is 12.1 Å². The number of nitrogens with one attached hydrogen (secondary N) is 1. The fourth-order valence-electron chi connectivity index (χ4n) is 1.62. The van der Waals surface area contributed by atoms with Crippen LogP contribution in [0.15, 0.2) is 24.3 Å². The van der Waals surface area contributed by atoms with Crippen molar-refractivity contribution in [1.82, 2.24) is 5.32 Å². The molecule has 0 amide bonds. The van der Waals surface area contributed by atoms with Crippen molar-refractivity contribution in [3.63, 3.8) is 0 Å². The van der Waals surface area contributed by atoms with Crippen LogP contribution >= 0.6 is 0 Å². The molecule has 0 aliphatic heterocycles. The molecular weight excluding hydrogens is 205 g/mol. The van der Waals surface area contributed by atoms with E-state index in [4.69, 9.17) is 4.74 Å². The Morgan fingerprint density at radius 2 is 2.12 bits per heavy atom. The molecule has 1 unspecified atom stereocenters. The van der Waals surface area contributed by atoms with Gasteiger partial charge in [0.15, 0.2) is 0 Å². The third-order valence-corrected chi connectivity index (χ3v) is 2.47. The summed E-state index contributed by atoms with van der Waals surface area (Å²) in [5.41, 5.74) is 0.625. The maximum atomic E-state index is 13.3. The quantitative estimate of drug-likeness (QED) is 0.770. The lowest BCUT2D eigenvalue weighted by molar-refractivity contribution is 0.0346. The van der Waals surface area contributed by atoms with Crippen LogP contribution in [0.1, 0.15) is 25.3 Å². The summed E-state index contributed by atoms with van der Waals surface area (Å²) in [7, 11) is 1.90. The Kier molecular flexibility index (Phi) is 6.04. The van der Waals surface area contributed by atoms with Crippen LogP contribution in [0, 0.1) is 5.82 Å². The maximum Gasteiger partial charge on any atom is 0.128 e. The molecule has 2 nitrogen and oxygen atoms in total. The van der Waals surface area contributed by atoms with E-state index in [0.29, 0.717) is 12.2 Å². The van der Waals surface area contributed by atoms with E-state index in [-0.39, 0.29) is 11.9 Å². The molecule has 1 atom stereocenters. The molecule has 0 spiro atoms. The van der Waals surface area contributed by atoms with Gasteiger partial charge in [-0.1, -0.05) is 31.5 Å². The van der Waals surface area contributed by atoms with Gasteiger partial charge in [-0.2, -0.15) is 0 Å². The van der Waals surface area contributed by atoms with Gasteiger partial charge in [-0.3, -0.25) is 0 Å². The fraction of sp³-hybridized carbons (Fsp3) is 0.538. The Bertz CT molecular complexity index is 298. The zero-order valence-electron chi connectivity index (χ0n) is 10.0. The van der Waals surface area contributed by atoms with E-state index < -0.39 is 0 Å². The molecule has 1 aromatic carbocycles. The molecule has 90 valence electrons. The number of benzene rings is 1. The van der Waals surface area contributed by atoms with Gasteiger partial charge >= 0.3 is 0 Å². The topological polar surface area (TPSA) is 21.3 Å². The second-order valence-corrected chi connectivity index (χ2v) is 3.87. The van der Waals surface area contributed by atoms with Gasteiger partial charge in [-0.15, -0.1) is 0 Å². The summed E-state index contributed by atoms with van der Waals surface area (Å²) < 4.78 is 19.0. The minimum Gasteiger partial charge on any atom is -0.372 e. The summed E-state index contributed by atoms with van der Waals surface area (Å²) in [6, 6.07) is 6.74. The van der Waals surface area contributed by atoms with E-state index in [0.717, 1.165) is 19.4 Å². The Labute approximate surface area is 96.8 Å². The average molecular weight is 225 g/mol. The van der Waals surface area contributed by atoms with Crippen LogP contribution < -0.4 is 5.32 Å². The predicted octanol–water partition coefficient (Wildman–Crippen LogP) is 2.73. The van der Waals surface area contributed by atoms with E-state index in [9.17, 15) is 4.39 Å². The first-order valence-electron chi connectivity index (χ1n) is 5.77. The highest BCUT2D eigenvalue weighted by molar-refractivity contribution is 5.16. The summed E-state index contributed by atoms with van der Waals surface area (Å²) in [5, 5.41) is 3.08. The molecular formula is C13H20FNO. The number of rotatable bonds is 7. The van der Waals surface area contributed by atoms with Crippen molar-refractivity contribution in [2.45, 2.75) is 32.5 Å². The van der Waals surface area contributed by atoms with Gasteiger partial charge in [0.2, 0.25) is 0 Å². The summed E-state index contributed by atoms with van der Waals surface area (Å²) >= 11 is 0. The Hall–Kier alpha value is -0.930. The third-order valence-electron chi connectivity index (χ3n) is 2.47. The van der Waals surface area contributed by atoms with Gasteiger partial charge < -0.3 is 10.1 Å². The van der Waals surface area contributed by atoms with E-state index in [1.807, 2.05) is 13.1 Å². The number of hydrogen-bond donors (Lipinski definition) is 1. The van der Waals surface area contributed by atoms with Crippen molar-refractivity contribution >= 4 is 0 Å². The Morgan fingerprint density at radius 1 is 1.38 bits per heavy atom. The first-order chi connectivity index (χ1) is 7.77. The van der Waals surface area contributed by atoms with E-state index in [1.165, 1.54) is 6.07 Å². The van der Waals surface area contributed by atoms with Gasteiger partial charge in [0.05, 0.1) is 12.7 Å². The normalized spacial score (nSPS) is 12.7. The van der Waals surface area contributed by atoms with Crippen LogP contribution in [0.5, 0.6) is 0 Å². The fourth-order valence-corrected chi connectivity index (χ4v) is 1.62. The number of halogens is 1. The van der Waals surface area contributed by atoms with Crippen molar-refractivity contribution < 1.29 is 9.13 Å². The highest BCUT2D eigenvalue weighted by Crippen LogP contribution is 2.10. The SMILES string of the molecule is CCCC(CNC)OCc1ccccc1F. The Morgan fingerprint density at radius 3 is 2.75 bits per heavy atom. The monoisotopic (exact) mass is 225 g/mol. The standard InChI is InChI=1S/C13H20FNO/c1-3-6-12(9-15-2)16-10-11-7-4-5-8-13(11)14/h4-5,7-8,12,15H,3,6,9-10H2,1-2H3. The molecule has 0 aromatic heterocycles. The molecule has 0 radical (unpaired) electrons. The summed E-state index contributed by atoms with van der Waals surface area (Å²) in [5.74, 6) is -0.192. The summed E-state index contributed by atoms with van der Waals surface area (Å²) in [6.45, 7) is 3.27.